The first-order valence-electron chi connectivity index (χ1n) is 5.98. The first kappa shape index (κ1) is 18.4. The molecule has 0 saturated carbocycles. The minimum Gasteiger partial charge on any atom is -0.480 e. The lowest BCUT2D eigenvalue weighted by Gasteiger charge is -2.18. The molecule has 0 bridgehead atoms. The molecule has 0 aromatic heterocycles. The molecule has 0 unspecified atom stereocenters. The van der Waals surface area contributed by atoms with E-state index in [-0.39, 0.29) is 6.07 Å². The average Bonchev–Trinajstić information content (AvgIpc) is 2.34. The number of nitrogens with one attached hydrogen (secondary N) is 1. The van der Waals surface area contributed by atoms with Crippen LogP contribution in [0.4, 0.5) is 17.6 Å². The third-order valence-corrected chi connectivity index (χ3v) is 4.22. The second-order valence-corrected chi connectivity index (χ2v) is 6.51. The van der Waals surface area contributed by atoms with E-state index in [2.05, 4.69) is 0 Å². The van der Waals surface area contributed by atoms with Crippen LogP contribution in [-0.4, -0.2) is 25.5 Å². The topological polar surface area (TPSA) is 83.5 Å². The van der Waals surface area contributed by atoms with Gasteiger partial charge in [0.05, 0.1) is 5.56 Å². The number of halogens is 4. The maximum absolute atomic E-state index is 13.6. The summed E-state index contributed by atoms with van der Waals surface area (Å²) in [7, 11) is -4.77. The van der Waals surface area contributed by atoms with Gasteiger partial charge in [0.25, 0.3) is 0 Å². The van der Waals surface area contributed by atoms with Crippen LogP contribution in [0.3, 0.4) is 0 Å². The fourth-order valence-corrected chi connectivity index (χ4v) is 3.03. The fourth-order valence-electron chi connectivity index (χ4n) is 1.59. The molecule has 1 atom stereocenters. The molecule has 0 aliphatic carbocycles. The normalized spacial score (nSPS) is 14.1. The summed E-state index contributed by atoms with van der Waals surface area (Å²) in [5.74, 6) is -3.62. The zero-order valence-electron chi connectivity index (χ0n) is 11.5. The van der Waals surface area contributed by atoms with Gasteiger partial charge >= 0.3 is 12.1 Å². The van der Waals surface area contributed by atoms with Gasteiger partial charge in [0.1, 0.15) is 16.8 Å². The number of carboxylic acid groups (broad SMARTS) is 1. The number of benzene rings is 1. The Hall–Kier alpha value is -1.68. The summed E-state index contributed by atoms with van der Waals surface area (Å²) < 4.78 is 76.9. The molecule has 2 N–H and O–H groups in total. The Balaban J connectivity index is 3.31. The molecule has 0 aliphatic rings. The molecular formula is C12H13F4NO4S. The van der Waals surface area contributed by atoms with Crippen LogP contribution < -0.4 is 4.72 Å². The molecule has 0 fully saturated rings. The van der Waals surface area contributed by atoms with Gasteiger partial charge in [-0.3, -0.25) is 4.79 Å². The molecule has 10 heteroatoms. The Morgan fingerprint density at radius 3 is 2.23 bits per heavy atom. The SMILES string of the molecule is CC(C)[C@@H](NS(=O)(=O)c1cc(C(F)(F)F)ccc1F)C(=O)O. The summed E-state index contributed by atoms with van der Waals surface area (Å²) in [6.07, 6.45) is -4.86. The Labute approximate surface area is 124 Å². The van der Waals surface area contributed by atoms with Gasteiger partial charge in [-0.2, -0.15) is 17.9 Å². The third kappa shape index (κ3) is 4.17. The molecule has 1 aromatic carbocycles. The van der Waals surface area contributed by atoms with Crippen molar-refractivity contribution in [3.8, 4) is 0 Å². The highest BCUT2D eigenvalue weighted by Gasteiger charge is 2.34. The molecule has 1 aromatic rings. The number of sulfonamides is 1. The molecule has 0 spiro atoms. The van der Waals surface area contributed by atoms with E-state index in [1.54, 1.807) is 4.72 Å². The smallest absolute Gasteiger partial charge is 0.416 e. The van der Waals surface area contributed by atoms with Gasteiger partial charge in [-0.25, -0.2) is 12.8 Å². The second-order valence-electron chi connectivity index (χ2n) is 4.82. The molecule has 0 aliphatic heterocycles. The number of hydrogen-bond acceptors (Lipinski definition) is 3. The predicted octanol–water partition coefficient (Wildman–Crippen LogP) is 2.23. The summed E-state index contributed by atoms with van der Waals surface area (Å²) in [4.78, 5) is 9.71. The summed E-state index contributed by atoms with van der Waals surface area (Å²) in [5.41, 5.74) is -1.36. The Kier molecular flexibility index (Phi) is 5.18. The van der Waals surface area contributed by atoms with Gasteiger partial charge in [-0.05, 0) is 24.1 Å². The largest absolute Gasteiger partial charge is 0.480 e. The zero-order valence-corrected chi connectivity index (χ0v) is 12.3. The second kappa shape index (κ2) is 6.21. The summed E-state index contributed by atoms with van der Waals surface area (Å²) in [6, 6.07) is -0.718. The average molecular weight is 343 g/mol. The summed E-state index contributed by atoms with van der Waals surface area (Å²) >= 11 is 0. The van der Waals surface area contributed by atoms with Crippen molar-refractivity contribution in [1.29, 1.82) is 0 Å². The highest BCUT2D eigenvalue weighted by molar-refractivity contribution is 7.89. The van der Waals surface area contributed by atoms with Gasteiger partial charge in [0.15, 0.2) is 0 Å². The van der Waals surface area contributed by atoms with E-state index in [1.807, 2.05) is 0 Å². The Bertz CT molecular complexity index is 670. The highest BCUT2D eigenvalue weighted by Crippen LogP contribution is 2.31. The van der Waals surface area contributed by atoms with E-state index in [4.69, 9.17) is 5.11 Å². The van der Waals surface area contributed by atoms with E-state index in [0.29, 0.717) is 12.1 Å². The number of rotatable bonds is 5. The zero-order chi connectivity index (χ0) is 17.3. The molecule has 124 valence electrons. The van der Waals surface area contributed by atoms with Crippen LogP contribution in [-0.2, 0) is 21.0 Å². The van der Waals surface area contributed by atoms with Crippen LogP contribution in [0.2, 0.25) is 0 Å². The standard InChI is InChI=1S/C12H13F4NO4S/c1-6(2)10(11(18)19)17-22(20,21)9-5-7(12(14,15)16)3-4-8(9)13/h3-6,10,17H,1-2H3,(H,18,19)/t10-/m1/s1. The number of alkyl halides is 3. The van der Waals surface area contributed by atoms with Crippen molar-refractivity contribution in [2.75, 3.05) is 0 Å². The maximum Gasteiger partial charge on any atom is 0.416 e. The van der Waals surface area contributed by atoms with Crippen LogP contribution in [0.25, 0.3) is 0 Å². The van der Waals surface area contributed by atoms with Gasteiger partial charge in [-0.15, -0.1) is 0 Å². The van der Waals surface area contributed by atoms with Crippen molar-refractivity contribution in [2.24, 2.45) is 5.92 Å². The van der Waals surface area contributed by atoms with Crippen LogP contribution >= 0.6 is 0 Å². The van der Waals surface area contributed by atoms with Crippen molar-refractivity contribution in [2.45, 2.75) is 31.0 Å². The molecule has 0 saturated heterocycles. The lowest BCUT2D eigenvalue weighted by atomic mass is 10.1. The number of carboxylic acids is 1. The van der Waals surface area contributed by atoms with Crippen LogP contribution in [0.1, 0.15) is 19.4 Å². The number of aliphatic carboxylic acids is 1. The van der Waals surface area contributed by atoms with Crippen molar-refractivity contribution in [3.63, 3.8) is 0 Å². The van der Waals surface area contributed by atoms with Gasteiger partial charge < -0.3 is 5.11 Å². The fraction of sp³-hybridized carbons (Fsp3) is 0.417. The third-order valence-electron chi connectivity index (χ3n) is 2.76. The first-order chi connectivity index (χ1) is 9.86. The van der Waals surface area contributed by atoms with E-state index < -0.39 is 50.4 Å². The van der Waals surface area contributed by atoms with Crippen molar-refractivity contribution < 1.29 is 35.9 Å². The van der Waals surface area contributed by atoms with E-state index in [1.165, 1.54) is 13.8 Å². The summed E-state index contributed by atoms with van der Waals surface area (Å²) in [5, 5.41) is 8.91. The number of carbonyl (C=O) groups is 1. The minimum absolute atomic E-state index is 0.122. The van der Waals surface area contributed by atoms with Gasteiger partial charge in [0, 0.05) is 0 Å². The van der Waals surface area contributed by atoms with E-state index in [0.717, 1.165) is 0 Å². The Morgan fingerprint density at radius 1 is 1.27 bits per heavy atom. The van der Waals surface area contributed by atoms with Crippen molar-refractivity contribution >= 4 is 16.0 Å². The molecule has 0 amide bonds. The Morgan fingerprint density at radius 2 is 1.82 bits per heavy atom. The molecule has 5 nitrogen and oxygen atoms in total. The van der Waals surface area contributed by atoms with Gasteiger partial charge in [0.2, 0.25) is 10.0 Å². The first-order valence-corrected chi connectivity index (χ1v) is 7.46. The van der Waals surface area contributed by atoms with Crippen LogP contribution in [0.15, 0.2) is 23.1 Å². The molecule has 0 heterocycles. The molecule has 1 rings (SSSR count). The monoisotopic (exact) mass is 343 g/mol. The van der Waals surface area contributed by atoms with Gasteiger partial charge in [-0.1, -0.05) is 13.8 Å². The lowest BCUT2D eigenvalue weighted by molar-refractivity contribution is -0.140. The predicted molar refractivity (Wildman–Crippen MR) is 68.0 cm³/mol. The minimum atomic E-state index is -4.86. The molecule has 22 heavy (non-hydrogen) atoms. The van der Waals surface area contributed by atoms with Crippen molar-refractivity contribution in [3.05, 3.63) is 29.6 Å². The number of hydrogen-bond donors (Lipinski definition) is 2. The maximum atomic E-state index is 13.6. The van der Waals surface area contributed by atoms with Crippen molar-refractivity contribution in [1.82, 2.24) is 4.72 Å². The quantitative estimate of drug-likeness (QED) is 0.803. The van der Waals surface area contributed by atoms with Crippen LogP contribution in [0.5, 0.6) is 0 Å². The summed E-state index contributed by atoms with van der Waals surface area (Å²) in [6.45, 7) is 2.79. The molecular weight excluding hydrogens is 330 g/mol. The molecule has 0 radical (unpaired) electrons. The highest BCUT2D eigenvalue weighted by atomic mass is 32.2. The van der Waals surface area contributed by atoms with E-state index in [9.17, 15) is 30.8 Å². The van der Waals surface area contributed by atoms with E-state index >= 15 is 0 Å². The lowest BCUT2D eigenvalue weighted by Crippen LogP contribution is -2.44. The van der Waals surface area contributed by atoms with Crippen LogP contribution in [0, 0.1) is 11.7 Å².